The Labute approximate surface area is 179 Å². The number of hydrogen-bond acceptors (Lipinski definition) is 5. The minimum atomic E-state index is -0.238. The SMILES string of the molecule is N#Cc1nc(C2CC2c2ccc(F)cc2)oc1N1CCN(c2cccc(Cl)c2)CC1. The maximum absolute atomic E-state index is 13.2. The van der Waals surface area contributed by atoms with Crippen LogP contribution in [-0.4, -0.2) is 31.2 Å². The zero-order valence-corrected chi connectivity index (χ0v) is 17.0. The van der Waals surface area contributed by atoms with Gasteiger partial charge in [-0.1, -0.05) is 29.8 Å². The number of piperazine rings is 1. The number of rotatable bonds is 4. The van der Waals surface area contributed by atoms with Gasteiger partial charge in [0.25, 0.3) is 0 Å². The normalized spacial score (nSPS) is 20.8. The van der Waals surface area contributed by atoms with Crippen LogP contribution in [0, 0.1) is 17.1 Å². The van der Waals surface area contributed by atoms with Gasteiger partial charge in [-0.3, -0.25) is 0 Å². The van der Waals surface area contributed by atoms with E-state index in [0.29, 0.717) is 17.5 Å². The molecule has 2 aromatic carbocycles. The minimum Gasteiger partial charge on any atom is -0.423 e. The van der Waals surface area contributed by atoms with Gasteiger partial charge >= 0.3 is 0 Å². The Balaban J connectivity index is 1.29. The van der Waals surface area contributed by atoms with Crippen molar-refractivity contribution in [3.05, 3.63) is 76.5 Å². The molecule has 1 aliphatic carbocycles. The number of nitriles is 1. The van der Waals surface area contributed by atoms with Gasteiger partial charge in [0.15, 0.2) is 0 Å². The van der Waals surface area contributed by atoms with E-state index in [1.807, 2.05) is 30.3 Å². The second-order valence-electron chi connectivity index (χ2n) is 7.77. The van der Waals surface area contributed by atoms with Crippen molar-refractivity contribution in [1.29, 1.82) is 5.26 Å². The number of nitrogens with zero attached hydrogens (tertiary/aromatic N) is 4. The topological polar surface area (TPSA) is 56.3 Å². The summed E-state index contributed by atoms with van der Waals surface area (Å²) in [5.41, 5.74) is 2.52. The molecule has 2 atom stereocenters. The molecule has 0 amide bonds. The van der Waals surface area contributed by atoms with E-state index in [4.69, 9.17) is 16.0 Å². The molecule has 0 bridgehead atoms. The number of oxazole rings is 1. The Kier molecular flexibility index (Phi) is 4.84. The lowest BCUT2D eigenvalue weighted by atomic mass is 10.1. The van der Waals surface area contributed by atoms with E-state index in [1.54, 1.807) is 0 Å². The van der Waals surface area contributed by atoms with Gasteiger partial charge in [-0.2, -0.15) is 5.26 Å². The highest BCUT2D eigenvalue weighted by Gasteiger charge is 2.44. The average Bonchev–Trinajstić information content (AvgIpc) is 3.45. The predicted octanol–water partition coefficient (Wildman–Crippen LogP) is 4.94. The molecular formula is C23H20ClFN4O. The molecule has 2 aliphatic rings. The second-order valence-corrected chi connectivity index (χ2v) is 8.21. The first kappa shape index (κ1) is 19.0. The van der Waals surface area contributed by atoms with Crippen LogP contribution in [-0.2, 0) is 0 Å². The van der Waals surface area contributed by atoms with E-state index >= 15 is 0 Å². The molecule has 3 aromatic rings. The lowest BCUT2D eigenvalue weighted by molar-refractivity contribution is 0.476. The minimum absolute atomic E-state index is 0.143. The summed E-state index contributed by atoms with van der Waals surface area (Å²) in [5.74, 6) is 1.33. The van der Waals surface area contributed by atoms with Gasteiger partial charge in [-0.15, -0.1) is 0 Å². The van der Waals surface area contributed by atoms with Crippen molar-refractivity contribution < 1.29 is 8.81 Å². The number of benzene rings is 2. The first-order chi connectivity index (χ1) is 14.6. The van der Waals surface area contributed by atoms with Crippen LogP contribution >= 0.6 is 11.6 Å². The van der Waals surface area contributed by atoms with E-state index in [-0.39, 0.29) is 17.7 Å². The Morgan fingerprint density at radius 2 is 1.77 bits per heavy atom. The average molecular weight is 423 g/mol. The summed E-state index contributed by atoms with van der Waals surface area (Å²) in [5, 5.41) is 10.3. The zero-order chi connectivity index (χ0) is 20.7. The molecule has 0 radical (unpaired) electrons. The Bertz CT molecular complexity index is 1100. The first-order valence-corrected chi connectivity index (χ1v) is 10.4. The summed E-state index contributed by atoms with van der Waals surface area (Å²) in [6.45, 7) is 3.09. The Morgan fingerprint density at radius 3 is 2.47 bits per heavy atom. The summed E-state index contributed by atoms with van der Waals surface area (Å²) in [7, 11) is 0. The molecule has 152 valence electrons. The summed E-state index contributed by atoms with van der Waals surface area (Å²) < 4.78 is 19.3. The molecule has 1 saturated carbocycles. The van der Waals surface area contributed by atoms with Crippen LogP contribution in [0.25, 0.3) is 0 Å². The largest absolute Gasteiger partial charge is 0.423 e. The van der Waals surface area contributed by atoms with Crippen molar-refractivity contribution in [3.63, 3.8) is 0 Å². The zero-order valence-electron chi connectivity index (χ0n) is 16.3. The second kappa shape index (κ2) is 7.66. The van der Waals surface area contributed by atoms with Crippen molar-refractivity contribution >= 4 is 23.2 Å². The highest BCUT2D eigenvalue weighted by atomic mass is 35.5. The fraction of sp³-hybridized carbons (Fsp3) is 0.304. The standard InChI is InChI=1S/C23H20ClFN4O/c24-16-2-1-3-18(12-16)28-8-10-29(11-9-28)23-21(14-26)27-22(30-23)20-13-19(20)15-4-6-17(25)7-5-15/h1-7,12,19-20H,8-11,13H2. The van der Waals surface area contributed by atoms with E-state index in [1.165, 1.54) is 12.1 Å². The fourth-order valence-corrected chi connectivity index (χ4v) is 4.35. The molecule has 0 N–H and O–H groups in total. The Morgan fingerprint density at radius 1 is 1.03 bits per heavy atom. The third-order valence-corrected chi connectivity index (χ3v) is 6.11. The summed E-state index contributed by atoms with van der Waals surface area (Å²) in [4.78, 5) is 8.84. The molecule has 1 aromatic heterocycles. The third kappa shape index (κ3) is 3.61. The van der Waals surface area contributed by atoms with Crippen molar-refractivity contribution in [1.82, 2.24) is 4.98 Å². The van der Waals surface area contributed by atoms with Crippen LogP contribution in [0.3, 0.4) is 0 Å². The number of hydrogen-bond donors (Lipinski definition) is 0. The first-order valence-electron chi connectivity index (χ1n) is 10.0. The molecule has 7 heteroatoms. The van der Waals surface area contributed by atoms with Crippen LogP contribution in [0.2, 0.25) is 5.02 Å². The highest BCUT2D eigenvalue weighted by molar-refractivity contribution is 6.30. The van der Waals surface area contributed by atoms with E-state index in [2.05, 4.69) is 26.9 Å². The lowest BCUT2D eigenvalue weighted by Crippen LogP contribution is -2.46. The van der Waals surface area contributed by atoms with Crippen molar-refractivity contribution in [3.8, 4) is 6.07 Å². The van der Waals surface area contributed by atoms with Gasteiger partial charge in [0.05, 0.1) is 0 Å². The van der Waals surface area contributed by atoms with Gasteiger partial charge in [-0.25, -0.2) is 9.37 Å². The van der Waals surface area contributed by atoms with Gasteiger partial charge in [0.2, 0.25) is 17.5 Å². The van der Waals surface area contributed by atoms with Gasteiger partial charge < -0.3 is 14.2 Å². The van der Waals surface area contributed by atoms with E-state index < -0.39 is 0 Å². The van der Waals surface area contributed by atoms with E-state index in [9.17, 15) is 9.65 Å². The maximum Gasteiger partial charge on any atom is 0.234 e. The molecule has 1 saturated heterocycles. The van der Waals surface area contributed by atoms with E-state index in [0.717, 1.165) is 48.9 Å². The fourth-order valence-electron chi connectivity index (χ4n) is 4.16. The summed E-state index contributed by atoms with van der Waals surface area (Å²) in [6.07, 6.45) is 0.902. The van der Waals surface area contributed by atoms with Gasteiger partial charge in [-0.05, 0) is 48.2 Å². The van der Waals surface area contributed by atoms with Gasteiger partial charge in [0.1, 0.15) is 11.9 Å². The van der Waals surface area contributed by atoms with Crippen molar-refractivity contribution in [2.24, 2.45) is 0 Å². The molecule has 2 heterocycles. The predicted molar refractivity (Wildman–Crippen MR) is 114 cm³/mol. The summed E-state index contributed by atoms with van der Waals surface area (Å²) in [6, 6.07) is 16.6. The van der Waals surface area contributed by atoms with Crippen LogP contribution in [0.1, 0.15) is 35.4 Å². The molecule has 30 heavy (non-hydrogen) atoms. The molecule has 0 spiro atoms. The van der Waals surface area contributed by atoms with Crippen LogP contribution in [0.4, 0.5) is 16.0 Å². The number of halogens is 2. The van der Waals surface area contributed by atoms with Crippen LogP contribution in [0.5, 0.6) is 0 Å². The molecule has 2 unspecified atom stereocenters. The third-order valence-electron chi connectivity index (χ3n) is 5.88. The molecule has 2 fully saturated rings. The maximum atomic E-state index is 13.2. The molecule has 5 nitrogen and oxygen atoms in total. The quantitative estimate of drug-likeness (QED) is 0.596. The summed E-state index contributed by atoms with van der Waals surface area (Å²) >= 11 is 6.12. The lowest BCUT2D eigenvalue weighted by Gasteiger charge is -2.36. The molecule has 5 rings (SSSR count). The van der Waals surface area contributed by atoms with Crippen LogP contribution < -0.4 is 9.80 Å². The van der Waals surface area contributed by atoms with Gasteiger partial charge in [0, 0.05) is 42.8 Å². The van der Waals surface area contributed by atoms with Crippen molar-refractivity contribution in [2.75, 3.05) is 36.0 Å². The number of anilines is 2. The monoisotopic (exact) mass is 422 g/mol. The van der Waals surface area contributed by atoms with Crippen molar-refractivity contribution in [2.45, 2.75) is 18.3 Å². The number of aromatic nitrogens is 1. The molecule has 1 aliphatic heterocycles. The molecular weight excluding hydrogens is 403 g/mol. The Hall–Kier alpha value is -3.04. The highest BCUT2D eigenvalue weighted by Crippen LogP contribution is 2.55. The smallest absolute Gasteiger partial charge is 0.234 e. The van der Waals surface area contributed by atoms with Crippen LogP contribution in [0.15, 0.2) is 52.9 Å².